The highest BCUT2D eigenvalue weighted by atomic mass is 16.5. The third-order valence-electron chi connectivity index (χ3n) is 5.58. The van der Waals surface area contributed by atoms with Gasteiger partial charge in [-0.1, -0.05) is 63.4 Å². The fourth-order valence-corrected chi connectivity index (χ4v) is 4.21. The molecule has 4 nitrogen and oxygen atoms in total. The Labute approximate surface area is 174 Å². The van der Waals surface area contributed by atoms with E-state index in [9.17, 15) is 9.59 Å². The average molecular weight is 399 g/mol. The van der Waals surface area contributed by atoms with Crippen molar-refractivity contribution in [2.24, 2.45) is 0 Å². The minimum Gasteiger partial charge on any atom is -0.481 e. The van der Waals surface area contributed by atoms with E-state index in [-0.39, 0.29) is 33.2 Å². The van der Waals surface area contributed by atoms with Crippen LogP contribution in [0.3, 0.4) is 0 Å². The second-order valence-corrected chi connectivity index (χ2v) is 7.25. The first-order valence-corrected chi connectivity index (χ1v) is 9.52. The quantitative estimate of drug-likeness (QED) is 0.667. The number of hydrogen-bond acceptors (Lipinski definition) is 3. The van der Waals surface area contributed by atoms with Crippen molar-refractivity contribution in [3.8, 4) is 0 Å². The Morgan fingerprint density at radius 2 is 1.31 bits per heavy atom. The second-order valence-electron chi connectivity index (χ2n) is 7.25. The van der Waals surface area contributed by atoms with Crippen LogP contribution in [-0.4, -0.2) is 24.2 Å². The number of aryl methyl sites for hydroxylation is 2. The molecule has 29 heavy (non-hydrogen) atoms. The predicted molar refractivity (Wildman–Crippen MR) is 117 cm³/mol. The molecule has 2 unspecified atom stereocenters. The van der Waals surface area contributed by atoms with E-state index in [1.165, 1.54) is 29.4 Å². The lowest BCUT2D eigenvalue weighted by Gasteiger charge is -2.09. The first-order valence-electron chi connectivity index (χ1n) is 9.52. The van der Waals surface area contributed by atoms with Gasteiger partial charge in [-0.15, -0.1) is 0 Å². The molecule has 4 rings (SSSR count). The molecular weight excluding hydrogens is 364 g/mol. The van der Waals surface area contributed by atoms with Gasteiger partial charge in [0.25, 0.3) is 0 Å². The first kappa shape index (κ1) is 24.4. The molecule has 2 aromatic carbocycles. The molecule has 0 fully saturated rings. The van der Waals surface area contributed by atoms with E-state index in [1.54, 1.807) is 0 Å². The Morgan fingerprint density at radius 3 is 1.76 bits per heavy atom. The zero-order valence-corrected chi connectivity index (χ0v) is 15.7. The van der Waals surface area contributed by atoms with Gasteiger partial charge in [0.1, 0.15) is 0 Å². The van der Waals surface area contributed by atoms with Crippen molar-refractivity contribution in [2.75, 3.05) is 7.11 Å². The highest BCUT2D eigenvalue weighted by Crippen LogP contribution is 2.36. The SMILES string of the molecule is C.C.COC(=O)CC1CCc2ccccc21.O=C(O)CC1CCc2ccccc21. The topological polar surface area (TPSA) is 63.6 Å². The van der Waals surface area contributed by atoms with Gasteiger partial charge in [0.2, 0.25) is 0 Å². The number of benzene rings is 2. The van der Waals surface area contributed by atoms with Crippen molar-refractivity contribution in [1.82, 2.24) is 0 Å². The van der Waals surface area contributed by atoms with Crippen LogP contribution >= 0.6 is 0 Å². The number of hydrogen-bond donors (Lipinski definition) is 1. The number of ether oxygens (including phenoxy) is 1. The molecule has 0 aliphatic heterocycles. The maximum absolute atomic E-state index is 11.2. The van der Waals surface area contributed by atoms with Crippen molar-refractivity contribution in [2.45, 2.75) is 65.2 Å². The number of carbonyl (C=O) groups excluding carboxylic acids is 1. The van der Waals surface area contributed by atoms with Crippen LogP contribution in [0.4, 0.5) is 0 Å². The maximum Gasteiger partial charge on any atom is 0.306 e. The fourth-order valence-electron chi connectivity index (χ4n) is 4.21. The number of aliphatic carboxylic acids is 1. The predicted octanol–water partition coefficient (Wildman–Crippen LogP) is 5.74. The number of methoxy groups -OCH3 is 1. The molecule has 0 amide bonds. The molecule has 0 spiro atoms. The number of carboxylic acids is 1. The Bertz CT molecular complexity index is 812. The molecule has 0 heterocycles. The van der Waals surface area contributed by atoms with E-state index in [0.29, 0.717) is 12.3 Å². The summed E-state index contributed by atoms with van der Waals surface area (Å²) >= 11 is 0. The molecule has 0 aromatic heterocycles. The first-order chi connectivity index (χ1) is 13.1. The van der Waals surface area contributed by atoms with E-state index in [0.717, 1.165) is 25.7 Å². The van der Waals surface area contributed by atoms with Crippen molar-refractivity contribution >= 4 is 11.9 Å². The Kier molecular flexibility index (Phi) is 9.60. The lowest BCUT2D eigenvalue weighted by Crippen LogP contribution is -2.06. The van der Waals surface area contributed by atoms with Crippen LogP contribution in [0, 0.1) is 0 Å². The smallest absolute Gasteiger partial charge is 0.306 e. The molecule has 0 saturated heterocycles. The standard InChI is InChI=1S/C12H14O2.C11H12O2.2CH4/c1-14-12(13)8-10-7-6-9-4-2-3-5-11(9)10;12-11(13)7-9-6-5-8-3-1-2-4-10(8)9;;/h2-5,10H,6-8H2,1H3;1-4,9H,5-7H2,(H,12,13);2*1H4. The summed E-state index contributed by atoms with van der Waals surface area (Å²) in [5, 5.41) is 8.70. The Morgan fingerprint density at radius 1 is 0.862 bits per heavy atom. The molecule has 2 aliphatic rings. The summed E-state index contributed by atoms with van der Waals surface area (Å²) in [6, 6.07) is 16.5. The van der Waals surface area contributed by atoms with E-state index in [2.05, 4.69) is 35.1 Å². The van der Waals surface area contributed by atoms with Gasteiger partial charge >= 0.3 is 11.9 Å². The van der Waals surface area contributed by atoms with Gasteiger partial charge in [0, 0.05) is 0 Å². The molecule has 2 atom stereocenters. The van der Waals surface area contributed by atoms with Gasteiger partial charge in [-0.3, -0.25) is 9.59 Å². The monoisotopic (exact) mass is 398 g/mol. The van der Waals surface area contributed by atoms with Gasteiger partial charge < -0.3 is 9.84 Å². The summed E-state index contributed by atoms with van der Waals surface area (Å²) < 4.78 is 4.69. The minimum absolute atomic E-state index is 0. The van der Waals surface area contributed by atoms with Gasteiger partial charge in [-0.2, -0.15) is 0 Å². The normalized spacial score (nSPS) is 18.1. The van der Waals surface area contributed by atoms with E-state index in [4.69, 9.17) is 5.11 Å². The zero-order valence-electron chi connectivity index (χ0n) is 15.7. The number of rotatable bonds is 4. The molecule has 4 heteroatoms. The summed E-state index contributed by atoms with van der Waals surface area (Å²) in [4.78, 5) is 21.7. The number of fused-ring (bicyclic) bond motifs is 2. The van der Waals surface area contributed by atoms with Crippen LogP contribution in [0.2, 0.25) is 0 Å². The van der Waals surface area contributed by atoms with Gasteiger partial charge in [-0.05, 0) is 59.8 Å². The number of esters is 1. The molecule has 2 aromatic rings. The van der Waals surface area contributed by atoms with Crippen LogP contribution in [0.5, 0.6) is 0 Å². The maximum atomic E-state index is 11.2. The number of carboxylic acid groups (broad SMARTS) is 1. The number of carbonyl (C=O) groups is 2. The summed E-state index contributed by atoms with van der Waals surface area (Å²) in [6.45, 7) is 0. The van der Waals surface area contributed by atoms with Crippen molar-refractivity contribution in [3.05, 3.63) is 70.8 Å². The van der Waals surface area contributed by atoms with Gasteiger partial charge in [0.15, 0.2) is 0 Å². The van der Waals surface area contributed by atoms with Crippen molar-refractivity contribution in [1.29, 1.82) is 0 Å². The van der Waals surface area contributed by atoms with Crippen LogP contribution in [0.1, 0.15) is 74.6 Å². The third-order valence-corrected chi connectivity index (χ3v) is 5.58. The van der Waals surface area contributed by atoms with E-state index >= 15 is 0 Å². The average Bonchev–Trinajstić information content (AvgIpc) is 3.27. The fraction of sp³-hybridized carbons (Fsp3) is 0.440. The van der Waals surface area contributed by atoms with Crippen LogP contribution in [0.15, 0.2) is 48.5 Å². The molecule has 0 bridgehead atoms. The largest absolute Gasteiger partial charge is 0.481 e. The summed E-state index contributed by atoms with van der Waals surface area (Å²) in [5.41, 5.74) is 5.29. The van der Waals surface area contributed by atoms with Crippen molar-refractivity contribution < 1.29 is 19.4 Å². The molecule has 0 saturated carbocycles. The second kappa shape index (κ2) is 11.4. The summed E-state index contributed by atoms with van der Waals surface area (Å²) in [6.07, 6.45) is 5.00. The molecular formula is C25H34O4. The van der Waals surface area contributed by atoms with Gasteiger partial charge in [0.05, 0.1) is 20.0 Å². The van der Waals surface area contributed by atoms with Crippen LogP contribution in [0.25, 0.3) is 0 Å². The molecule has 1 N–H and O–H groups in total. The molecule has 2 aliphatic carbocycles. The minimum atomic E-state index is -0.693. The third kappa shape index (κ3) is 6.18. The lowest BCUT2D eigenvalue weighted by atomic mass is 9.98. The highest BCUT2D eigenvalue weighted by molar-refractivity contribution is 5.70. The molecule has 158 valence electrons. The van der Waals surface area contributed by atoms with Gasteiger partial charge in [-0.25, -0.2) is 0 Å². The van der Waals surface area contributed by atoms with E-state index < -0.39 is 5.97 Å². The summed E-state index contributed by atoms with van der Waals surface area (Å²) in [5.74, 6) is -0.180. The summed E-state index contributed by atoms with van der Waals surface area (Å²) in [7, 11) is 1.45. The van der Waals surface area contributed by atoms with E-state index in [1.807, 2.05) is 18.2 Å². The Balaban J connectivity index is 0.000000272. The Hall–Kier alpha value is -2.62. The highest BCUT2D eigenvalue weighted by Gasteiger charge is 2.24. The zero-order chi connectivity index (χ0) is 19.2. The van der Waals surface area contributed by atoms with Crippen molar-refractivity contribution in [3.63, 3.8) is 0 Å². The molecule has 0 radical (unpaired) electrons. The lowest BCUT2D eigenvalue weighted by molar-refractivity contribution is -0.141. The van der Waals surface area contributed by atoms with Crippen LogP contribution < -0.4 is 0 Å². The van der Waals surface area contributed by atoms with Crippen LogP contribution in [-0.2, 0) is 27.2 Å².